The van der Waals surface area contributed by atoms with Crippen LogP contribution in [0.2, 0.25) is 0 Å². The van der Waals surface area contributed by atoms with Gasteiger partial charge in [0.15, 0.2) is 11.0 Å². The summed E-state index contributed by atoms with van der Waals surface area (Å²) in [6.45, 7) is 0. The summed E-state index contributed by atoms with van der Waals surface area (Å²) in [6.07, 6.45) is 0.456. The van der Waals surface area contributed by atoms with E-state index < -0.39 is 0 Å². The van der Waals surface area contributed by atoms with Crippen molar-refractivity contribution < 1.29 is 0 Å². The van der Waals surface area contributed by atoms with Gasteiger partial charge in [-0.2, -0.15) is 5.26 Å². The highest BCUT2D eigenvalue weighted by Gasteiger charge is 2.19. The lowest BCUT2D eigenvalue weighted by atomic mass is 10.0. The first-order valence-electron chi connectivity index (χ1n) is 10.3. The van der Waals surface area contributed by atoms with Gasteiger partial charge in [-0.25, -0.2) is 4.98 Å². The average molecular weight is 434 g/mol. The molecule has 0 aliphatic carbocycles. The maximum atomic E-state index is 8.96. The molecule has 0 aliphatic rings. The monoisotopic (exact) mass is 433 g/mol. The molecule has 0 N–H and O–H groups in total. The molecule has 6 heteroatoms. The number of nitriles is 1. The molecule has 0 amide bonds. The van der Waals surface area contributed by atoms with Gasteiger partial charge in [-0.3, -0.25) is 4.57 Å². The lowest BCUT2D eigenvalue weighted by Crippen LogP contribution is -2.01. The maximum Gasteiger partial charge on any atom is 0.196 e. The Labute approximate surface area is 190 Å². The summed E-state index contributed by atoms with van der Waals surface area (Å²) in [5, 5.41) is 19.8. The molecule has 0 saturated carbocycles. The zero-order valence-corrected chi connectivity index (χ0v) is 18.0. The van der Waals surface area contributed by atoms with E-state index in [4.69, 9.17) is 10.2 Å². The van der Waals surface area contributed by atoms with Gasteiger partial charge in [0.2, 0.25) is 0 Å². The van der Waals surface area contributed by atoms with E-state index in [1.807, 2.05) is 66.7 Å². The molecule has 3 aromatic carbocycles. The van der Waals surface area contributed by atoms with E-state index in [9.17, 15) is 0 Å². The van der Waals surface area contributed by atoms with Crippen molar-refractivity contribution in [2.75, 3.05) is 5.75 Å². The predicted octanol–water partition coefficient (Wildman–Crippen LogP) is 6.16. The smallest absolute Gasteiger partial charge is 0.196 e. The Morgan fingerprint density at radius 3 is 2.34 bits per heavy atom. The van der Waals surface area contributed by atoms with Gasteiger partial charge in [0.05, 0.1) is 17.3 Å². The van der Waals surface area contributed by atoms with Gasteiger partial charge in [-0.05, 0) is 24.3 Å². The number of para-hydroxylation sites is 2. The van der Waals surface area contributed by atoms with E-state index in [1.54, 1.807) is 0 Å². The minimum absolute atomic E-state index is 0.456. The Morgan fingerprint density at radius 2 is 1.56 bits per heavy atom. The van der Waals surface area contributed by atoms with E-state index in [0.717, 1.165) is 44.4 Å². The summed E-state index contributed by atoms with van der Waals surface area (Å²) >= 11 is 1.54. The van der Waals surface area contributed by atoms with E-state index >= 15 is 0 Å². The second-order valence-electron chi connectivity index (χ2n) is 7.17. The topological polar surface area (TPSA) is 67.4 Å². The highest BCUT2D eigenvalue weighted by atomic mass is 32.2. The first-order valence-corrected chi connectivity index (χ1v) is 11.3. The van der Waals surface area contributed by atoms with Gasteiger partial charge < -0.3 is 0 Å². The number of hydrogen-bond acceptors (Lipinski definition) is 5. The molecule has 32 heavy (non-hydrogen) atoms. The highest BCUT2D eigenvalue weighted by molar-refractivity contribution is 7.99. The summed E-state index contributed by atoms with van der Waals surface area (Å²) in [5.41, 5.74) is 4.80. The molecular formula is C26H19N5S. The maximum absolute atomic E-state index is 8.96. The molecular weight excluding hydrogens is 414 g/mol. The summed E-state index contributed by atoms with van der Waals surface area (Å²) in [4.78, 5) is 4.90. The number of fused-ring (bicyclic) bond motifs is 1. The zero-order chi connectivity index (χ0) is 21.8. The van der Waals surface area contributed by atoms with Crippen molar-refractivity contribution in [3.8, 4) is 34.4 Å². The van der Waals surface area contributed by atoms with Gasteiger partial charge in [0.1, 0.15) is 0 Å². The van der Waals surface area contributed by atoms with Crippen molar-refractivity contribution in [3.05, 3.63) is 91.0 Å². The zero-order valence-electron chi connectivity index (χ0n) is 17.2. The van der Waals surface area contributed by atoms with Gasteiger partial charge in [0, 0.05) is 34.4 Å². The predicted molar refractivity (Wildman–Crippen MR) is 128 cm³/mol. The molecule has 0 atom stereocenters. The molecule has 0 fully saturated rings. The Bertz CT molecular complexity index is 1410. The van der Waals surface area contributed by atoms with Crippen LogP contribution in [0.25, 0.3) is 39.2 Å². The molecule has 0 radical (unpaired) electrons. The van der Waals surface area contributed by atoms with Crippen LogP contribution >= 0.6 is 11.8 Å². The van der Waals surface area contributed by atoms with Crippen molar-refractivity contribution in [1.29, 1.82) is 5.26 Å². The van der Waals surface area contributed by atoms with Crippen molar-refractivity contribution in [1.82, 2.24) is 19.7 Å². The number of nitrogens with zero attached hydrogens (tertiary/aromatic N) is 5. The van der Waals surface area contributed by atoms with Crippen LogP contribution in [0.15, 0.2) is 96.2 Å². The first kappa shape index (κ1) is 20.0. The minimum atomic E-state index is 0.456. The molecule has 154 valence electrons. The van der Waals surface area contributed by atoms with Crippen molar-refractivity contribution >= 4 is 22.7 Å². The fourth-order valence-corrected chi connectivity index (χ4v) is 4.45. The van der Waals surface area contributed by atoms with Gasteiger partial charge in [-0.1, -0.05) is 78.5 Å². The van der Waals surface area contributed by atoms with E-state index in [1.165, 1.54) is 11.8 Å². The third-order valence-electron chi connectivity index (χ3n) is 5.12. The van der Waals surface area contributed by atoms with Gasteiger partial charge >= 0.3 is 0 Å². The highest BCUT2D eigenvalue weighted by Crippen LogP contribution is 2.34. The lowest BCUT2D eigenvalue weighted by molar-refractivity contribution is 0.886. The van der Waals surface area contributed by atoms with Crippen LogP contribution in [0.5, 0.6) is 0 Å². The molecule has 0 aliphatic heterocycles. The number of thioether (sulfide) groups is 1. The van der Waals surface area contributed by atoms with Gasteiger partial charge in [-0.15, -0.1) is 10.2 Å². The Hall–Kier alpha value is -3.95. The molecule has 5 nitrogen and oxygen atoms in total. The molecule has 0 unspecified atom stereocenters. The van der Waals surface area contributed by atoms with Crippen molar-refractivity contribution in [2.45, 2.75) is 11.6 Å². The van der Waals surface area contributed by atoms with E-state index in [2.05, 4.69) is 45.1 Å². The molecule has 0 spiro atoms. The average Bonchev–Trinajstić information content (AvgIpc) is 3.28. The second kappa shape index (κ2) is 9.04. The van der Waals surface area contributed by atoms with Crippen molar-refractivity contribution in [3.63, 3.8) is 0 Å². The largest absolute Gasteiger partial charge is 0.270 e. The Morgan fingerprint density at radius 1 is 0.844 bits per heavy atom. The third kappa shape index (κ3) is 3.86. The molecule has 5 rings (SSSR count). The second-order valence-corrected chi connectivity index (χ2v) is 8.23. The number of rotatable bonds is 6. The number of aromatic nitrogens is 4. The molecule has 2 heterocycles. The first-order chi connectivity index (χ1) is 15.8. The van der Waals surface area contributed by atoms with Crippen LogP contribution in [-0.2, 0) is 0 Å². The third-order valence-corrected chi connectivity index (χ3v) is 6.05. The summed E-state index contributed by atoms with van der Waals surface area (Å²) in [6, 6.07) is 32.6. The van der Waals surface area contributed by atoms with Gasteiger partial charge in [0.25, 0.3) is 0 Å². The minimum Gasteiger partial charge on any atom is -0.270 e. The van der Waals surface area contributed by atoms with Crippen LogP contribution in [0.1, 0.15) is 6.42 Å². The van der Waals surface area contributed by atoms with Crippen LogP contribution in [0.3, 0.4) is 0 Å². The molecule has 0 saturated heterocycles. The quantitative estimate of drug-likeness (QED) is 0.237. The summed E-state index contributed by atoms with van der Waals surface area (Å²) < 4.78 is 2.07. The summed E-state index contributed by atoms with van der Waals surface area (Å²) in [5.74, 6) is 1.42. The number of benzene rings is 3. The SMILES string of the molecule is N#CCCSc1nnc(-c2cc(-c3ccccc3)nc3ccccc23)n1-c1ccccc1. The Balaban J connectivity index is 1.74. The Kier molecular flexibility index (Phi) is 5.65. The molecule has 0 bridgehead atoms. The fourth-order valence-electron chi connectivity index (χ4n) is 3.65. The van der Waals surface area contributed by atoms with Crippen LogP contribution in [0, 0.1) is 11.3 Å². The number of pyridine rings is 1. The van der Waals surface area contributed by atoms with E-state index in [-0.39, 0.29) is 0 Å². The standard InChI is InChI=1S/C26H19N5S/c27-16-9-17-32-26-30-29-25(31(26)20-12-5-2-6-13-20)22-18-24(19-10-3-1-4-11-19)28-23-15-8-7-14-21(22)23/h1-8,10-15,18H,9,17H2. The normalized spacial score (nSPS) is 10.8. The molecule has 5 aromatic rings. The van der Waals surface area contributed by atoms with Crippen LogP contribution < -0.4 is 0 Å². The van der Waals surface area contributed by atoms with E-state index in [0.29, 0.717) is 12.2 Å². The molecule has 2 aromatic heterocycles. The van der Waals surface area contributed by atoms with Crippen LogP contribution in [-0.4, -0.2) is 25.5 Å². The van der Waals surface area contributed by atoms with Crippen LogP contribution in [0.4, 0.5) is 0 Å². The fraction of sp³-hybridized carbons (Fsp3) is 0.0769. The summed E-state index contributed by atoms with van der Waals surface area (Å²) in [7, 11) is 0. The lowest BCUT2D eigenvalue weighted by Gasteiger charge is -2.13. The number of hydrogen-bond donors (Lipinski definition) is 0. The van der Waals surface area contributed by atoms with Crippen molar-refractivity contribution in [2.24, 2.45) is 0 Å².